The molecule has 6 nitrogen and oxygen atoms in total. The van der Waals surface area contributed by atoms with Gasteiger partial charge in [-0.25, -0.2) is 4.79 Å². The second kappa shape index (κ2) is 7.72. The van der Waals surface area contributed by atoms with Crippen LogP contribution in [0.25, 0.3) is 0 Å². The zero-order valence-corrected chi connectivity index (χ0v) is 17.1. The van der Waals surface area contributed by atoms with Crippen molar-refractivity contribution >= 4 is 40.4 Å². The van der Waals surface area contributed by atoms with Crippen LogP contribution in [-0.2, 0) is 14.3 Å². The average molecular weight is 431 g/mol. The highest BCUT2D eigenvalue weighted by molar-refractivity contribution is 8.02. The molecule has 0 aromatic heterocycles. The van der Waals surface area contributed by atoms with Crippen molar-refractivity contribution in [1.29, 1.82) is 0 Å². The molecular weight excluding hydrogens is 412 g/mol. The third kappa shape index (κ3) is 3.38. The highest BCUT2D eigenvalue weighted by atomic mass is 35.5. The Bertz CT molecular complexity index is 916. The molecule has 0 radical (unpaired) electrons. The number of oxime groups is 1. The number of hydrogen-bond donors (Lipinski definition) is 1. The van der Waals surface area contributed by atoms with Crippen LogP contribution in [0.15, 0.2) is 65.8 Å². The van der Waals surface area contributed by atoms with E-state index < -0.39 is 22.9 Å². The molecule has 2 aromatic carbocycles. The Morgan fingerprint density at radius 2 is 1.76 bits per heavy atom. The first kappa shape index (κ1) is 19.8. The predicted octanol–water partition coefficient (Wildman–Crippen LogP) is 3.78. The van der Waals surface area contributed by atoms with Gasteiger partial charge in [-0.3, -0.25) is 4.79 Å². The quantitative estimate of drug-likeness (QED) is 0.257. The van der Waals surface area contributed by atoms with E-state index in [4.69, 9.17) is 16.3 Å². The molecule has 3 atom stereocenters. The van der Waals surface area contributed by atoms with E-state index in [9.17, 15) is 14.8 Å². The van der Waals surface area contributed by atoms with E-state index in [1.54, 1.807) is 6.92 Å². The first-order valence-corrected chi connectivity index (χ1v) is 10.4. The summed E-state index contributed by atoms with van der Waals surface area (Å²) in [6, 6.07) is 17.8. The molecule has 2 saturated heterocycles. The molecule has 0 aliphatic carbocycles. The maximum Gasteiger partial charge on any atom is 0.331 e. The fourth-order valence-electron chi connectivity index (χ4n) is 3.79. The van der Waals surface area contributed by atoms with Crippen molar-refractivity contribution in [2.24, 2.45) is 5.16 Å². The van der Waals surface area contributed by atoms with Gasteiger partial charge in [0, 0.05) is 0 Å². The summed E-state index contributed by atoms with van der Waals surface area (Å²) >= 11 is 7.50. The number of benzene rings is 2. The van der Waals surface area contributed by atoms with Crippen LogP contribution in [0.5, 0.6) is 0 Å². The summed E-state index contributed by atoms with van der Waals surface area (Å²) in [5.41, 5.74) is 1.63. The number of β-lactam (4-membered cyclic amide) rings is 1. The van der Waals surface area contributed by atoms with Crippen molar-refractivity contribution in [3.63, 3.8) is 0 Å². The molecular formula is C21H19ClN2O4S. The van der Waals surface area contributed by atoms with Crippen molar-refractivity contribution < 1.29 is 19.5 Å². The summed E-state index contributed by atoms with van der Waals surface area (Å²) in [6.45, 7) is 1.69. The minimum Gasteiger partial charge on any atom is -0.451 e. The van der Waals surface area contributed by atoms with E-state index in [-0.39, 0.29) is 16.5 Å². The summed E-state index contributed by atoms with van der Waals surface area (Å²) in [5.74, 6) is -0.735. The van der Waals surface area contributed by atoms with Crippen LogP contribution in [0.4, 0.5) is 0 Å². The van der Waals surface area contributed by atoms with Gasteiger partial charge in [-0.05, 0) is 18.1 Å². The molecule has 2 fully saturated rings. The Morgan fingerprint density at radius 3 is 2.24 bits per heavy atom. The summed E-state index contributed by atoms with van der Waals surface area (Å²) in [4.78, 5) is 27.0. The summed E-state index contributed by atoms with van der Waals surface area (Å²) in [6.07, 6.45) is -0.320. The zero-order chi connectivity index (χ0) is 20.6. The lowest BCUT2D eigenvalue weighted by atomic mass is 9.96. The SMILES string of the molecule is C[C@@]1(/C(Cl)=N/O)S[C@@H]2CC(=O)N2[C@H]1C(=O)OC(c1ccccc1)c1ccccc1. The topological polar surface area (TPSA) is 79.2 Å². The fourth-order valence-corrected chi connectivity index (χ4v) is 5.64. The van der Waals surface area contributed by atoms with Gasteiger partial charge in [0.05, 0.1) is 11.8 Å². The third-order valence-corrected chi connectivity index (χ3v) is 7.44. The van der Waals surface area contributed by atoms with Gasteiger partial charge in [0.25, 0.3) is 0 Å². The Balaban J connectivity index is 1.69. The molecule has 2 aliphatic rings. The van der Waals surface area contributed by atoms with Gasteiger partial charge in [-0.2, -0.15) is 0 Å². The van der Waals surface area contributed by atoms with Crippen LogP contribution in [0, 0.1) is 0 Å². The van der Waals surface area contributed by atoms with Crippen LogP contribution in [0.2, 0.25) is 0 Å². The minimum absolute atomic E-state index is 0.136. The number of nitrogens with zero attached hydrogens (tertiary/aromatic N) is 2. The van der Waals surface area contributed by atoms with E-state index in [0.29, 0.717) is 6.42 Å². The van der Waals surface area contributed by atoms with E-state index >= 15 is 0 Å². The summed E-state index contributed by atoms with van der Waals surface area (Å²) in [7, 11) is 0. The number of rotatable bonds is 5. The predicted molar refractivity (Wildman–Crippen MR) is 111 cm³/mol. The van der Waals surface area contributed by atoms with Crippen molar-refractivity contribution in [2.75, 3.05) is 0 Å². The van der Waals surface area contributed by atoms with Crippen molar-refractivity contribution in [3.8, 4) is 0 Å². The number of thioether (sulfide) groups is 1. The molecule has 0 saturated carbocycles. The number of hydrogen-bond acceptors (Lipinski definition) is 6. The number of esters is 1. The summed E-state index contributed by atoms with van der Waals surface area (Å²) in [5, 5.41) is 12.0. The molecule has 0 bridgehead atoms. The number of amides is 1. The van der Waals surface area contributed by atoms with E-state index in [0.717, 1.165) is 11.1 Å². The Kier molecular flexibility index (Phi) is 5.27. The smallest absolute Gasteiger partial charge is 0.331 e. The maximum atomic E-state index is 13.3. The molecule has 2 aliphatic heterocycles. The molecule has 1 amide bonds. The Labute approximate surface area is 177 Å². The molecule has 0 unspecified atom stereocenters. The molecule has 29 heavy (non-hydrogen) atoms. The van der Waals surface area contributed by atoms with Crippen molar-refractivity contribution in [3.05, 3.63) is 71.8 Å². The van der Waals surface area contributed by atoms with Crippen molar-refractivity contribution in [1.82, 2.24) is 4.90 Å². The second-order valence-electron chi connectivity index (χ2n) is 7.12. The third-order valence-electron chi connectivity index (χ3n) is 5.29. The van der Waals surface area contributed by atoms with Gasteiger partial charge in [0.1, 0.15) is 4.75 Å². The van der Waals surface area contributed by atoms with Gasteiger partial charge in [0.15, 0.2) is 17.3 Å². The van der Waals surface area contributed by atoms with Crippen LogP contribution >= 0.6 is 23.4 Å². The van der Waals surface area contributed by atoms with Crippen molar-refractivity contribution in [2.45, 2.75) is 35.6 Å². The number of carbonyl (C=O) groups is 2. The van der Waals surface area contributed by atoms with Gasteiger partial charge < -0.3 is 14.8 Å². The van der Waals surface area contributed by atoms with Gasteiger partial charge >= 0.3 is 5.97 Å². The Morgan fingerprint density at radius 1 is 1.21 bits per heavy atom. The van der Waals surface area contributed by atoms with E-state index in [1.165, 1.54) is 16.7 Å². The largest absolute Gasteiger partial charge is 0.451 e. The Hall–Kier alpha value is -2.51. The highest BCUT2D eigenvalue weighted by Gasteiger charge is 2.63. The van der Waals surface area contributed by atoms with Gasteiger partial charge in [-0.15, -0.1) is 11.8 Å². The lowest BCUT2D eigenvalue weighted by Crippen LogP contribution is -2.59. The molecule has 2 heterocycles. The molecule has 1 N–H and O–H groups in total. The monoisotopic (exact) mass is 430 g/mol. The fraction of sp³-hybridized carbons (Fsp3) is 0.286. The first-order chi connectivity index (χ1) is 14.0. The van der Waals surface area contributed by atoms with E-state index in [1.807, 2.05) is 60.7 Å². The standard InChI is InChI=1S/C21H19ClN2O4S/c1-21(20(22)23-27)18(24-15(25)12-16(24)29-21)19(26)28-17(13-8-4-2-5-9-13)14-10-6-3-7-11-14/h2-11,16-18,27H,12H2,1H3/b23-20-/t16-,18+,21-/m1/s1. The number of halogens is 1. The lowest BCUT2D eigenvalue weighted by Gasteiger charge is -2.38. The highest BCUT2D eigenvalue weighted by Crippen LogP contribution is 2.52. The van der Waals surface area contributed by atoms with Crippen LogP contribution in [0.3, 0.4) is 0 Å². The molecule has 0 spiro atoms. The van der Waals surface area contributed by atoms with Crippen LogP contribution in [0.1, 0.15) is 30.6 Å². The first-order valence-electron chi connectivity index (χ1n) is 9.13. The number of fused-ring (bicyclic) bond motifs is 1. The molecule has 8 heteroatoms. The number of carbonyl (C=O) groups excluding carboxylic acids is 2. The molecule has 2 aromatic rings. The molecule has 4 rings (SSSR count). The summed E-state index contributed by atoms with van der Waals surface area (Å²) < 4.78 is 4.87. The second-order valence-corrected chi connectivity index (χ2v) is 9.10. The van der Waals surface area contributed by atoms with Crippen LogP contribution < -0.4 is 0 Å². The maximum absolute atomic E-state index is 13.3. The van der Waals surface area contributed by atoms with E-state index in [2.05, 4.69) is 5.16 Å². The average Bonchev–Trinajstić information content (AvgIpc) is 3.00. The normalized spacial score (nSPS) is 26.2. The van der Waals surface area contributed by atoms with Gasteiger partial charge in [0.2, 0.25) is 5.91 Å². The zero-order valence-electron chi connectivity index (χ0n) is 15.6. The lowest BCUT2D eigenvalue weighted by molar-refractivity contribution is -0.163. The van der Waals surface area contributed by atoms with Gasteiger partial charge in [-0.1, -0.05) is 77.4 Å². The van der Waals surface area contributed by atoms with Crippen LogP contribution in [-0.4, -0.2) is 43.3 Å². The minimum atomic E-state index is -1.08. The number of ether oxygens (including phenoxy) is 1. The molecule has 150 valence electrons.